The van der Waals surface area contributed by atoms with Crippen LogP contribution in [0.15, 0.2) is 36.4 Å². The van der Waals surface area contributed by atoms with Crippen LogP contribution in [-0.4, -0.2) is 21.6 Å². The Labute approximate surface area is 122 Å². The fourth-order valence-corrected chi connectivity index (χ4v) is 2.57. The molecule has 0 saturated heterocycles. The second-order valence-electron chi connectivity index (χ2n) is 4.69. The van der Waals surface area contributed by atoms with E-state index in [1.165, 1.54) is 0 Å². The summed E-state index contributed by atoms with van der Waals surface area (Å²) < 4.78 is 7.78. The predicted molar refractivity (Wildman–Crippen MR) is 81.7 cm³/mol. The van der Waals surface area contributed by atoms with E-state index in [0.29, 0.717) is 11.4 Å². The third-order valence-electron chi connectivity index (χ3n) is 3.15. The number of nitrogens with one attached hydrogen (secondary N) is 1. The summed E-state index contributed by atoms with van der Waals surface area (Å²) in [5.74, 6) is 0. The van der Waals surface area contributed by atoms with Crippen molar-refractivity contribution in [3.05, 3.63) is 52.4 Å². The number of pyridine rings is 1. The van der Waals surface area contributed by atoms with Crippen molar-refractivity contribution in [2.75, 3.05) is 7.11 Å². The highest BCUT2D eigenvalue weighted by atomic mass is 32.1. The van der Waals surface area contributed by atoms with Crippen LogP contribution < -0.4 is 0 Å². The van der Waals surface area contributed by atoms with Gasteiger partial charge in [-0.1, -0.05) is 12.1 Å². The van der Waals surface area contributed by atoms with E-state index in [1.54, 1.807) is 7.11 Å². The van der Waals surface area contributed by atoms with Crippen molar-refractivity contribution in [2.45, 2.75) is 13.5 Å². The fourth-order valence-electron chi connectivity index (χ4n) is 2.27. The van der Waals surface area contributed by atoms with Gasteiger partial charge in [0, 0.05) is 12.8 Å². The maximum atomic E-state index is 5.42. The van der Waals surface area contributed by atoms with Crippen LogP contribution in [0.5, 0.6) is 0 Å². The Hall–Kier alpha value is -1.98. The quantitative estimate of drug-likeness (QED) is 0.748. The molecule has 0 aliphatic heterocycles. The summed E-state index contributed by atoms with van der Waals surface area (Å²) in [6, 6.07) is 12.1. The minimum atomic E-state index is 0.579. The Kier molecular flexibility index (Phi) is 3.38. The van der Waals surface area contributed by atoms with Crippen LogP contribution in [0.1, 0.15) is 11.3 Å². The molecule has 0 fully saturated rings. The molecule has 20 heavy (non-hydrogen) atoms. The normalized spacial score (nSPS) is 11.1. The summed E-state index contributed by atoms with van der Waals surface area (Å²) >= 11 is 5.42. The second-order valence-corrected chi connectivity index (χ2v) is 5.08. The lowest BCUT2D eigenvalue weighted by Gasteiger charge is -2.07. The summed E-state index contributed by atoms with van der Waals surface area (Å²) in [6.07, 6.45) is 0. The number of hydrogen-bond acceptors (Lipinski definition) is 3. The molecule has 2 heterocycles. The topological polar surface area (TPSA) is 42.8 Å². The maximum Gasteiger partial charge on any atom is 0.183 e. The molecule has 2 aromatic heterocycles. The van der Waals surface area contributed by atoms with Crippen molar-refractivity contribution in [3.8, 4) is 5.69 Å². The molecule has 1 N–H and O–H groups in total. The van der Waals surface area contributed by atoms with Crippen LogP contribution in [-0.2, 0) is 11.3 Å². The average Bonchev–Trinajstić information content (AvgIpc) is 2.75. The molecule has 0 aliphatic carbocycles. The molecule has 0 aliphatic rings. The SMILES string of the molecule is COCc1cccc(-n2c(=S)[nH]c3ccc(C)nc32)c1. The Balaban J connectivity index is 2.23. The predicted octanol–water partition coefficient (Wildman–Crippen LogP) is 3.54. The van der Waals surface area contributed by atoms with Crippen LogP contribution in [0.4, 0.5) is 0 Å². The zero-order chi connectivity index (χ0) is 14.1. The number of aromatic amines is 1. The molecule has 1 aromatic carbocycles. The number of H-pyrrole nitrogens is 1. The van der Waals surface area contributed by atoms with E-state index in [9.17, 15) is 0 Å². The number of fused-ring (bicyclic) bond motifs is 1. The van der Waals surface area contributed by atoms with Gasteiger partial charge in [0.2, 0.25) is 0 Å². The van der Waals surface area contributed by atoms with Crippen LogP contribution in [0.25, 0.3) is 16.9 Å². The van der Waals surface area contributed by atoms with Gasteiger partial charge < -0.3 is 9.72 Å². The van der Waals surface area contributed by atoms with Gasteiger partial charge in [-0.2, -0.15) is 0 Å². The first kappa shape index (κ1) is 13.0. The minimum absolute atomic E-state index is 0.579. The van der Waals surface area contributed by atoms with Gasteiger partial charge in [0.15, 0.2) is 10.4 Å². The molecule has 4 nitrogen and oxygen atoms in total. The Bertz CT molecular complexity index is 819. The van der Waals surface area contributed by atoms with Crippen molar-refractivity contribution < 1.29 is 4.74 Å². The van der Waals surface area contributed by atoms with Crippen molar-refractivity contribution >= 4 is 23.4 Å². The molecule has 0 saturated carbocycles. The van der Waals surface area contributed by atoms with E-state index in [1.807, 2.05) is 41.8 Å². The van der Waals surface area contributed by atoms with E-state index in [0.717, 1.165) is 28.1 Å². The minimum Gasteiger partial charge on any atom is -0.380 e. The highest BCUT2D eigenvalue weighted by Crippen LogP contribution is 2.19. The second kappa shape index (κ2) is 5.19. The zero-order valence-electron chi connectivity index (χ0n) is 11.4. The summed E-state index contributed by atoms with van der Waals surface area (Å²) in [6.45, 7) is 2.55. The average molecular weight is 285 g/mol. The number of rotatable bonds is 3. The van der Waals surface area contributed by atoms with Gasteiger partial charge in [-0.05, 0) is 49.0 Å². The van der Waals surface area contributed by atoms with Gasteiger partial charge in [-0.25, -0.2) is 4.98 Å². The van der Waals surface area contributed by atoms with Gasteiger partial charge in [0.05, 0.1) is 17.8 Å². The smallest absolute Gasteiger partial charge is 0.183 e. The van der Waals surface area contributed by atoms with Gasteiger partial charge in [0.1, 0.15) is 0 Å². The number of imidazole rings is 1. The summed E-state index contributed by atoms with van der Waals surface area (Å²) in [7, 11) is 1.69. The van der Waals surface area contributed by atoms with Crippen LogP contribution >= 0.6 is 12.2 Å². The van der Waals surface area contributed by atoms with Gasteiger partial charge in [0.25, 0.3) is 0 Å². The van der Waals surface area contributed by atoms with Crippen molar-refractivity contribution in [2.24, 2.45) is 0 Å². The lowest BCUT2D eigenvalue weighted by atomic mass is 10.2. The highest BCUT2D eigenvalue weighted by molar-refractivity contribution is 7.71. The maximum absolute atomic E-state index is 5.42. The molecule has 0 atom stereocenters. The molecular formula is C15H15N3OS. The molecule has 0 unspecified atom stereocenters. The molecule has 3 aromatic rings. The van der Waals surface area contributed by atoms with Crippen LogP contribution in [0, 0.1) is 11.7 Å². The number of methoxy groups -OCH3 is 1. The standard InChI is InChI=1S/C15H15N3OS/c1-10-6-7-13-14(16-10)18(15(20)17-13)12-5-3-4-11(8-12)9-19-2/h3-8H,9H2,1-2H3,(H,17,20). The lowest BCUT2D eigenvalue weighted by Crippen LogP contribution is -1.98. The van der Waals surface area contributed by atoms with Gasteiger partial charge in [-0.3, -0.25) is 4.57 Å². The fraction of sp³-hybridized carbons (Fsp3) is 0.200. The molecule has 102 valence electrons. The molecule has 0 bridgehead atoms. The first-order valence-corrected chi connectivity index (χ1v) is 6.76. The number of ether oxygens (including phenoxy) is 1. The molecule has 3 rings (SSSR count). The number of hydrogen-bond donors (Lipinski definition) is 1. The Morgan fingerprint density at radius 2 is 2.15 bits per heavy atom. The van der Waals surface area contributed by atoms with Crippen molar-refractivity contribution in [3.63, 3.8) is 0 Å². The van der Waals surface area contributed by atoms with Gasteiger partial charge in [-0.15, -0.1) is 0 Å². The number of nitrogens with zero attached hydrogens (tertiary/aromatic N) is 2. The molecule has 0 amide bonds. The Morgan fingerprint density at radius 3 is 2.95 bits per heavy atom. The van der Waals surface area contributed by atoms with E-state index < -0.39 is 0 Å². The van der Waals surface area contributed by atoms with E-state index in [2.05, 4.69) is 16.0 Å². The van der Waals surface area contributed by atoms with Crippen LogP contribution in [0.3, 0.4) is 0 Å². The molecule has 0 radical (unpaired) electrons. The number of aromatic nitrogens is 3. The molecular weight excluding hydrogens is 270 g/mol. The third-order valence-corrected chi connectivity index (χ3v) is 3.44. The zero-order valence-corrected chi connectivity index (χ0v) is 12.2. The van der Waals surface area contributed by atoms with E-state index in [-0.39, 0.29) is 0 Å². The van der Waals surface area contributed by atoms with E-state index >= 15 is 0 Å². The first-order chi connectivity index (χ1) is 9.69. The third kappa shape index (κ3) is 2.26. The van der Waals surface area contributed by atoms with Gasteiger partial charge >= 0.3 is 0 Å². The van der Waals surface area contributed by atoms with Crippen molar-refractivity contribution in [1.82, 2.24) is 14.5 Å². The molecule has 0 spiro atoms. The monoisotopic (exact) mass is 285 g/mol. The summed E-state index contributed by atoms with van der Waals surface area (Å²) in [5, 5.41) is 0. The van der Waals surface area contributed by atoms with Crippen molar-refractivity contribution in [1.29, 1.82) is 0 Å². The number of aryl methyl sites for hydroxylation is 1. The molecule has 5 heteroatoms. The summed E-state index contributed by atoms with van der Waals surface area (Å²) in [4.78, 5) is 7.77. The summed E-state index contributed by atoms with van der Waals surface area (Å²) in [5.41, 5.74) is 4.86. The van der Waals surface area contributed by atoms with E-state index in [4.69, 9.17) is 17.0 Å². The van der Waals surface area contributed by atoms with Crippen LogP contribution in [0.2, 0.25) is 0 Å². The first-order valence-electron chi connectivity index (χ1n) is 6.35. The largest absolute Gasteiger partial charge is 0.380 e. The highest BCUT2D eigenvalue weighted by Gasteiger charge is 2.08. The number of benzene rings is 1. The lowest BCUT2D eigenvalue weighted by molar-refractivity contribution is 0.185. The Morgan fingerprint density at radius 1 is 1.30 bits per heavy atom.